The number of amides is 1. The molecule has 0 aliphatic carbocycles. The maximum atomic E-state index is 12.2. The van der Waals surface area contributed by atoms with Crippen molar-refractivity contribution in [2.24, 2.45) is 7.05 Å². The number of sulfonamides is 1. The highest BCUT2D eigenvalue weighted by atomic mass is 32.2. The third-order valence-electron chi connectivity index (χ3n) is 3.39. The zero-order valence-corrected chi connectivity index (χ0v) is 14.1. The van der Waals surface area contributed by atoms with Gasteiger partial charge in [-0.3, -0.25) is 5.32 Å². The van der Waals surface area contributed by atoms with Gasteiger partial charge in [-0.25, -0.2) is 17.9 Å². The number of nitrogens with zero attached hydrogens (tertiary/aromatic N) is 1. The van der Waals surface area contributed by atoms with E-state index in [9.17, 15) is 18.3 Å². The standard InChI is InChI=1S/C15H19N3O5S/c1-18-9-3-4-13(18)14(19)10-16-24(21,22)12-7-5-11(6-8-12)17-15(20)23-2/h3-9,14,16,19H,10H2,1-2H3,(H,17,20)/t14-/m1/s1. The number of benzene rings is 1. The molecule has 0 saturated heterocycles. The van der Waals surface area contributed by atoms with Crippen LogP contribution in [-0.2, 0) is 21.8 Å². The fourth-order valence-corrected chi connectivity index (χ4v) is 3.12. The average molecular weight is 353 g/mol. The van der Waals surface area contributed by atoms with Crippen LogP contribution >= 0.6 is 0 Å². The Kier molecular flexibility index (Phi) is 5.60. The van der Waals surface area contributed by atoms with E-state index in [4.69, 9.17) is 0 Å². The van der Waals surface area contributed by atoms with Gasteiger partial charge in [0.2, 0.25) is 10.0 Å². The van der Waals surface area contributed by atoms with Crippen molar-refractivity contribution in [2.45, 2.75) is 11.0 Å². The molecule has 24 heavy (non-hydrogen) atoms. The number of aromatic nitrogens is 1. The predicted octanol–water partition coefficient (Wildman–Crippen LogP) is 1.22. The van der Waals surface area contributed by atoms with Gasteiger partial charge in [0, 0.05) is 31.2 Å². The van der Waals surface area contributed by atoms with Gasteiger partial charge < -0.3 is 14.4 Å². The van der Waals surface area contributed by atoms with E-state index in [-0.39, 0.29) is 11.4 Å². The molecular weight excluding hydrogens is 334 g/mol. The molecule has 8 nitrogen and oxygen atoms in total. The van der Waals surface area contributed by atoms with Crippen molar-refractivity contribution in [1.82, 2.24) is 9.29 Å². The summed E-state index contributed by atoms with van der Waals surface area (Å²) in [4.78, 5) is 11.1. The number of rotatable bonds is 6. The van der Waals surface area contributed by atoms with Crippen molar-refractivity contribution in [3.63, 3.8) is 0 Å². The summed E-state index contributed by atoms with van der Waals surface area (Å²) in [5.74, 6) is 0. The fraction of sp³-hybridized carbons (Fsp3) is 0.267. The second kappa shape index (κ2) is 7.47. The second-order valence-corrected chi connectivity index (χ2v) is 6.82. The molecule has 1 aromatic carbocycles. The summed E-state index contributed by atoms with van der Waals surface area (Å²) < 4.78 is 33.0. The molecule has 0 radical (unpaired) electrons. The topological polar surface area (TPSA) is 110 Å². The molecule has 0 unspecified atom stereocenters. The molecule has 130 valence electrons. The highest BCUT2D eigenvalue weighted by molar-refractivity contribution is 7.89. The van der Waals surface area contributed by atoms with Crippen LogP contribution in [0.4, 0.5) is 10.5 Å². The molecule has 0 saturated carbocycles. The molecule has 9 heteroatoms. The lowest BCUT2D eigenvalue weighted by molar-refractivity contribution is 0.173. The molecule has 2 aromatic rings. The highest BCUT2D eigenvalue weighted by Crippen LogP contribution is 2.16. The normalized spacial score (nSPS) is 12.6. The van der Waals surface area contributed by atoms with E-state index in [1.165, 1.54) is 31.4 Å². The molecule has 1 amide bonds. The number of aliphatic hydroxyl groups excluding tert-OH is 1. The van der Waals surface area contributed by atoms with Crippen molar-refractivity contribution in [3.05, 3.63) is 48.3 Å². The Bertz CT molecular complexity index is 799. The Hall–Kier alpha value is -2.36. The van der Waals surface area contributed by atoms with Crippen LogP contribution in [0.3, 0.4) is 0 Å². The average Bonchev–Trinajstić information content (AvgIpc) is 2.99. The van der Waals surface area contributed by atoms with Gasteiger partial charge in [0.05, 0.1) is 12.0 Å². The molecule has 0 aliphatic rings. The molecule has 3 N–H and O–H groups in total. The van der Waals surface area contributed by atoms with Crippen molar-refractivity contribution in [2.75, 3.05) is 19.0 Å². The molecule has 1 aromatic heterocycles. The van der Waals surface area contributed by atoms with Gasteiger partial charge >= 0.3 is 6.09 Å². The van der Waals surface area contributed by atoms with Crippen molar-refractivity contribution in [1.29, 1.82) is 0 Å². The molecular formula is C15H19N3O5S. The molecule has 0 aliphatic heterocycles. The number of nitrogens with one attached hydrogen (secondary N) is 2. The van der Waals surface area contributed by atoms with Crippen molar-refractivity contribution < 1.29 is 23.1 Å². The largest absolute Gasteiger partial charge is 0.453 e. The minimum absolute atomic E-state index is 0.0250. The van der Waals surface area contributed by atoms with Crippen molar-refractivity contribution in [3.8, 4) is 0 Å². The molecule has 2 rings (SSSR count). The predicted molar refractivity (Wildman–Crippen MR) is 88.0 cm³/mol. The van der Waals surface area contributed by atoms with Gasteiger partial charge in [-0.2, -0.15) is 0 Å². The van der Waals surface area contributed by atoms with Gasteiger partial charge in [0.1, 0.15) is 6.10 Å². The molecule has 0 spiro atoms. The summed E-state index contributed by atoms with van der Waals surface area (Å²) in [5, 5.41) is 12.5. The van der Waals surface area contributed by atoms with E-state index in [0.717, 1.165) is 0 Å². The maximum absolute atomic E-state index is 12.2. The first kappa shape index (κ1) is 18.0. The number of aryl methyl sites for hydroxylation is 1. The van der Waals surface area contributed by atoms with Gasteiger partial charge in [-0.1, -0.05) is 0 Å². The molecule has 0 bridgehead atoms. The van der Waals surface area contributed by atoms with E-state index < -0.39 is 22.2 Å². The van der Waals surface area contributed by atoms with Crippen molar-refractivity contribution >= 4 is 21.8 Å². The van der Waals surface area contributed by atoms with Crippen LogP contribution in [-0.4, -0.2) is 37.8 Å². The molecule has 0 fully saturated rings. The lowest BCUT2D eigenvalue weighted by Crippen LogP contribution is -2.29. The number of carbonyl (C=O) groups excluding carboxylic acids is 1. The first-order valence-electron chi connectivity index (χ1n) is 7.07. The second-order valence-electron chi connectivity index (χ2n) is 5.05. The van der Waals surface area contributed by atoms with Crippen LogP contribution in [0, 0.1) is 0 Å². The number of anilines is 1. The Labute approximate surface area is 140 Å². The zero-order chi connectivity index (χ0) is 17.7. The van der Waals surface area contributed by atoms with Crippen LogP contribution in [0.2, 0.25) is 0 Å². The van der Waals surface area contributed by atoms with Crippen LogP contribution in [0.25, 0.3) is 0 Å². The summed E-state index contributed by atoms with van der Waals surface area (Å²) in [6, 6.07) is 9.07. The van der Waals surface area contributed by atoms with Gasteiger partial charge in [-0.15, -0.1) is 0 Å². The van der Waals surface area contributed by atoms with Crippen LogP contribution in [0.15, 0.2) is 47.5 Å². The number of ether oxygens (including phenoxy) is 1. The lowest BCUT2D eigenvalue weighted by Gasteiger charge is -2.13. The summed E-state index contributed by atoms with van der Waals surface area (Å²) >= 11 is 0. The van der Waals surface area contributed by atoms with Crippen LogP contribution in [0.1, 0.15) is 11.8 Å². The molecule has 1 heterocycles. The van der Waals surface area contributed by atoms with Crippen LogP contribution in [0.5, 0.6) is 0 Å². The van der Waals surface area contributed by atoms with Gasteiger partial charge in [-0.05, 0) is 36.4 Å². The highest BCUT2D eigenvalue weighted by Gasteiger charge is 2.18. The van der Waals surface area contributed by atoms with E-state index in [2.05, 4.69) is 14.8 Å². The smallest absolute Gasteiger partial charge is 0.411 e. The van der Waals surface area contributed by atoms with E-state index >= 15 is 0 Å². The Balaban J connectivity index is 2.02. The SMILES string of the molecule is COC(=O)Nc1ccc(S(=O)(=O)NC[C@@H](O)c2cccn2C)cc1. The zero-order valence-electron chi connectivity index (χ0n) is 13.3. The Morgan fingerprint density at radius 2 is 1.96 bits per heavy atom. The number of carbonyl (C=O) groups is 1. The first-order chi connectivity index (χ1) is 11.3. The third kappa shape index (κ3) is 4.34. The van der Waals surface area contributed by atoms with E-state index in [1.54, 1.807) is 29.9 Å². The fourth-order valence-electron chi connectivity index (χ4n) is 2.08. The van der Waals surface area contributed by atoms with Crippen LogP contribution < -0.4 is 10.0 Å². The first-order valence-corrected chi connectivity index (χ1v) is 8.56. The monoisotopic (exact) mass is 353 g/mol. The number of methoxy groups -OCH3 is 1. The summed E-state index contributed by atoms with van der Waals surface area (Å²) in [7, 11) is -0.777. The molecule has 1 atom stereocenters. The Morgan fingerprint density at radius 1 is 1.29 bits per heavy atom. The van der Waals surface area contributed by atoms with Gasteiger partial charge in [0.15, 0.2) is 0 Å². The summed E-state index contributed by atoms with van der Waals surface area (Å²) in [6.07, 6.45) is 0.162. The van der Waals surface area contributed by atoms with Gasteiger partial charge in [0.25, 0.3) is 0 Å². The number of hydrogen-bond acceptors (Lipinski definition) is 5. The summed E-state index contributed by atoms with van der Waals surface area (Å²) in [5.41, 5.74) is 1.01. The number of aliphatic hydroxyl groups is 1. The van der Waals surface area contributed by atoms with E-state index in [0.29, 0.717) is 11.4 Å². The summed E-state index contributed by atoms with van der Waals surface area (Å²) in [6.45, 7) is -0.150. The third-order valence-corrected chi connectivity index (χ3v) is 4.83. The minimum atomic E-state index is -3.77. The quantitative estimate of drug-likeness (QED) is 0.723. The lowest BCUT2D eigenvalue weighted by atomic mass is 10.2. The Morgan fingerprint density at radius 3 is 2.50 bits per heavy atom. The maximum Gasteiger partial charge on any atom is 0.411 e. The number of hydrogen-bond donors (Lipinski definition) is 3. The van der Waals surface area contributed by atoms with E-state index in [1.807, 2.05) is 0 Å². The minimum Gasteiger partial charge on any atom is -0.453 e.